The maximum absolute atomic E-state index is 13.6. The van der Waals surface area contributed by atoms with Gasteiger partial charge < -0.3 is 15.2 Å². The van der Waals surface area contributed by atoms with E-state index in [4.69, 9.17) is 10.7 Å². The van der Waals surface area contributed by atoms with E-state index in [1.807, 2.05) is 52.8 Å². The summed E-state index contributed by atoms with van der Waals surface area (Å²) in [5, 5.41) is 5.71. The number of benzene rings is 1. The Bertz CT molecular complexity index is 1420. The highest BCUT2D eigenvalue weighted by Crippen LogP contribution is 2.24. The van der Waals surface area contributed by atoms with Crippen molar-refractivity contribution in [3.05, 3.63) is 52.6 Å². The molecule has 1 fully saturated rings. The summed E-state index contributed by atoms with van der Waals surface area (Å²) < 4.78 is 5.51. The second-order valence-electron chi connectivity index (χ2n) is 8.34. The monoisotopic (exact) mass is 429 g/mol. The predicted octanol–water partition coefficient (Wildman–Crippen LogP) is 2.08. The molecule has 0 radical (unpaired) electrons. The van der Waals surface area contributed by atoms with Gasteiger partial charge in [-0.05, 0) is 31.9 Å². The molecule has 1 atom stereocenters. The third-order valence-electron chi connectivity index (χ3n) is 6.16. The van der Waals surface area contributed by atoms with E-state index in [1.165, 1.54) is 0 Å². The summed E-state index contributed by atoms with van der Waals surface area (Å²) in [5.41, 5.74) is 9.30. The molecular weight excluding hydrogens is 402 g/mol. The van der Waals surface area contributed by atoms with Crippen LogP contribution >= 0.6 is 0 Å². The van der Waals surface area contributed by atoms with Crippen LogP contribution in [-0.4, -0.2) is 43.0 Å². The molecule has 8 heteroatoms. The van der Waals surface area contributed by atoms with Gasteiger partial charge in [0.15, 0.2) is 0 Å². The topological polar surface area (TPSA) is 86.9 Å². The number of nitrogens with zero attached hydrogens (tertiary/aromatic N) is 6. The highest BCUT2D eigenvalue weighted by atomic mass is 16.1. The zero-order valence-corrected chi connectivity index (χ0v) is 18.5. The van der Waals surface area contributed by atoms with Crippen LogP contribution in [-0.2, 0) is 20.1 Å². The van der Waals surface area contributed by atoms with Gasteiger partial charge in [0, 0.05) is 37.8 Å². The first-order chi connectivity index (χ1) is 15.6. The van der Waals surface area contributed by atoms with Gasteiger partial charge in [-0.1, -0.05) is 24.1 Å². The van der Waals surface area contributed by atoms with Gasteiger partial charge in [-0.3, -0.25) is 14.0 Å². The van der Waals surface area contributed by atoms with Crippen molar-refractivity contribution in [1.29, 1.82) is 0 Å². The van der Waals surface area contributed by atoms with Gasteiger partial charge in [0.25, 0.3) is 5.56 Å². The van der Waals surface area contributed by atoms with Gasteiger partial charge in [0.1, 0.15) is 5.52 Å². The zero-order valence-electron chi connectivity index (χ0n) is 18.5. The number of hydrogen-bond acceptors (Lipinski definition) is 5. The van der Waals surface area contributed by atoms with E-state index in [9.17, 15) is 4.79 Å². The fourth-order valence-corrected chi connectivity index (χ4v) is 4.60. The number of para-hydroxylation sites is 1. The molecule has 0 saturated carbocycles. The number of rotatable bonds is 4. The number of imidazole rings is 1. The van der Waals surface area contributed by atoms with E-state index in [2.05, 4.69) is 21.8 Å². The Morgan fingerprint density at radius 2 is 2.09 bits per heavy atom. The van der Waals surface area contributed by atoms with Crippen molar-refractivity contribution < 1.29 is 0 Å². The standard InChI is InChI=1S/C24H27N7O/c1-3-4-13-31-22-19(26-24(31)30-12-7-8-17(25)15-30)11-14-29(23(22)32)16-20-18-9-5-6-10-21(18)28(2)27-20/h5-6,9-11,14,17H,7-8,12-13,15-16,25H2,1-2H3. The van der Waals surface area contributed by atoms with Gasteiger partial charge in [0.2, 0.25) is 5.95 Å². The van der Waals surface area contributed by atoms with Crippen molar-refractivity contribution in [2.24, 2.45) is 12.8 Å². The number of anilines is 1. The first kappa shape index (κ1) is 20.3. The average molecular weight is 430 g/mol. The molecule has 4 heterocycles. The molecule has 8 nitrogen and oxygen atoms in total. The smallest absolute Gasteiger partial charge is 0.277 e. The van der Waals surface area contributed by atoms with Crippen LogP contribution < -0.4 is 16.2 Å². The molecule has 1 aliphatic rings. The number of hydrogen-bond donors (Lipinski definition) is 1. The number of piperidine rings is 1. The van der Waals surface area contributed by atoms with E-state index in [0.29, 0.717) is 24.1 Å². The van der Waals surface area contributed by atoms with E-state index in [0.717, 1.165) is 48.5 Å². The fraction of sp³-hybridized carbons (Fsp3) is 0.375. The minimum Gasteiger partial charge on any atom is -0.341 e. The first-order valence-electron chi connectivity index (χ1n) is 11.0. The van der Waals surface area contributed by atoms with Gasteiger partial charge >= 0.3 is 0 Å². The zero-order chi connectivity index (χ0) is 22.2. The molecule has 32 heavy (non-hydrogen) atoms. The number of nitrogens with two attached hydrogens (primary N) is 1. The normalized spacial score (nSPS) is 16.5. The lowest BCUT2D eigenvalue weighted by molar-refractivity contribution is 0.496. The molecule has 5 rings (SSSR count). The van der Waals surface area contributed by atoms with Crippen molar-refractivity contribution >= 4 is 27.9 Å². The third-order valence-corrected chi connectivity index (χ3v) is 6.16. The van der Waals surface area contributed by atoms with Crippen LogP contribution in [0.25, 0.3) is 21.9 Å². The van der Waals surface area contributed by atoms with E-state index >= 15 is 0 Å². The molecule has 3 aromatic heterocycles. The van der Waals surface area contributed by atoms with Gasteiger partial charge in [0.05, 0.1) is 29.8 Å². The molecule has 1 aromatic carbocycles. The van der Waals surface area contributed by atoms with E-state index in [-0.39, 0.29) is 11.6 Å². The molecular formula is C24H27N7O. The molecule has 0 spiro atoms. The van der Waals surface area contributed by atoms with E-state index in [1.54, 1.807) is 11.5 Å². The molecule has 164 valence electrons. The van der Waals surface area contributed by atoms with Gasteiger partial charge in [-0.25, -0.2) is 4.98 Å². The Morgan fingerprint density at radius 3 is 2.91 bits per heavy atom. The molecule has 4 aromatic rings. The van der Waals surface area contributed by atoms with Crippen LogP contribution in [0.5, 0.6) is 0 Å². The summed E-state index contributed by atoms with van der Waals surface area (Å²) in [4.78, 5) is 20.6. The second kappa shape index (κ2) is 8.17. The number of aromatic nitrogens is 5. The molecule has 2 N–H and O–H groups in total. The quantitative estimate of drug-likeness (QED) is 0.502. The lowest BCUT2D eigenvalue weighted by Gasteiger charge is -2.31. The summed E-state index contributed by atoms with van der Waals surface area (Å²) in [6.07, 6.45) is 3.83. The fourth-order valence-electron chi connectivity index (χ4n) is 4.60. The van der Waals surface area contributed by atoms with E-state index < -0.39 is 0 Å². The maximum atomic E-state index is 13.6. The number of fused-ring (bicyclic) bond motifs is 2. The van der Waals surface area contributed by atoms with Crippen LogP contribution in [0.3, 0.4) is 0 Å². The molecule has 1 saturated heterocycles. The SMILES string of the molecule is CC#CCn1c(N2CCCC(N)C2)nc2ccn(Cc3nn(C)c4ccccc34)c(=O)c21. The summed E-state index contributed by atoms with van der Waals surface area (Å²) in [7, 11) is 1.92. The highest BCUT2D eigenvalue weighted by Gasteiger charge is 2.24. The van der Waals surface area contributed by atoms with Crippen LogP contribution in [0.4, 0.5) is 5.95 Å². The molecule has 1 unspecified atom stereocenters. The Morgan fingerprint density at radius 1 is 1.25 bits per heavy atom. The third kappa shape index (κ3) is 3.45. The Kier molecular flexibility index (Phi) is 5.19. The first-order valence-corrected chi connectivity index (χ1v) is 11.0. The summed E-state index contributed by atoms with van der Waals surface area (Å²) in [6.45, 7) is 4.23. The van der Waals surface area contributed by atoms with Crippen molar-refractivity contribution in [3.8, 4) is 11.8 Å². The highest BCUT2D eigenvalue weighted by molar-refractivity contribution is 5.82. The van der Waals surface area contributed by atoms with Gasteiger partial charge in [-0.15, -0.1) is 5.92 Å². The van der Waals surface area contributed by atoms with Gasteiger partial charge in [-0.2, -0.15) is 5.10 Å². The second-order valence-corrected chi connectivity index (χ2v) is 8.34. The predicted molar refractivity (Wildman–Crippen MR) is 127 cm³/mol. The lowest BCUT2D eigenvalue weighted by Crippen LogP contribution is -2.44. The summed E-state index contributed by atoms with van der Waals surface area (Å²) in [6, 6.07) is 10.1. The van der Waals surface area contributed by atoms with Crippen molar-refractivity contribution in [2.75, 3.05) is 18.0 Å². The maximum Gasteiger partial charge on any atom is 0.277 e. The van der Waals surface area contributed by atoms with Crippen LogP contribution in [0.15, 0.2) is 41.3 Å². The van der Waals surface area contributed by atoms with Crippen LogP contribution in [0.2, 0.25) is 0 Å². The van der Waals surface area contributed by atoms with Crippen LogP contribution in [0.1, 0.15) is 25.5 Å². The van der Waals surface area contributed by atoms with Crippen molar-refractivity contribution in [2.45, 2.75) is 38.9 Å². The molecule has 1 aliphatic heterocycles. The van der Waals surface area contributed by atoms with Crippen molar-refractivity contribution in [3.63, 3.8) is 0 Å². The van der Waals surface area contributed by atoms with Crippen LogP contribution in [0, 0.1) is 11.8 Å². The minimum atomic E-state index is -0.0878. The summed E-state index contributed by atoms with van der Waals surface area (Å²) >= 11 is 0. The Balaban J connectivity index is 1.61. The Labute approximate surface area is 186 Å². The Hall–Kier alpha value is -3.57. The summed E-state index contributed by atoms with van der Waals surface area (Å²) in [5.74, 6) is 6.83. The van der Waals surface area contributed by atoms with Crippen molar-refractivity contribution in [1.82, 2.24) is 23.9 Å². The largest absolute Gasteiger partial charge is 0.341 e. The minimum absolute atomic E-state index is 0.0878. The molecule has 0 amide bonds. The number of aryl methyl sites for hydroxylation is 1. The number of pyridine rings is 1. The molecule has 0 aliphatic carbocycles. The molecule has 0 bridgehead atoms. The lowest BCUT2D eigenvalue weighted by atomic mass is 10.1. The average Bonchev–Trinajstić information content (AvgIpc) is 3.33.